The highest BCUT2D eigenvalue weighted by Crippen LogP contribution is 2.24. The molecule has 0 aliphatic carbocycles. The third-order valence-electron chi connectivity index (χ3n) is 2.82. The highest BCUT2D eigenvalue weighted by Gasteiger charge is 2.34. The molecule has 0 bridgehead atoms. The van der Waals surface area contributed by atoms with E-state index in [4.69, 9.17) is 5.11 Å². The number of carbonyl (C=O) groups excluding carboxylic acids is 3. The van der Waals surface area contributed by atoms with Crippen molar-refractivity contribution in [2.24, 2.45) is 0 Å². The van der Waals surface area contributed by atoms with Gasteiger partial charge in [-0.05, 0) is 12.1 Å². The molecule has 1 aromatic carbocycles. The zero-order valence-corrected chi connectivity index (χ0v) is 11.4. The number of nitrogens with zero attached hydrogens (tertiary/aromatic N) is 1. The minimum atomic E-state index is -0.695. The lowest BCUT2D eigenvalue weighted by Crippen LogP contribution is -2.37. The average Bonchev–Trinajstić information content (AvgIpc) is 2.75. The van der Waals surface area contributed by atoms with Gasteiger partial charge in [-0.1, -0.05) is 30.0 Å². The molecule has 1 saturated heterocycles. The van der Waals surface area contributed by atoms with Crippen molar-refractivity contribution in [1.29, 1.82) is 0 Å². The van der Waals surface area contributed by atoms with Crippen LogP contribution in [0.25, 0.3) is 0 Å². The molecule has 6 nitrogen and oxygen atoms in total. The molecule has 0 saturated carbocycles. The second-order valence-electron chi connectivity index (χ2n) is 4.19. The maximum atomic E-state index is 12.3. The quantitative estimate of drug-likeness (QED) is 0.837. The lowest BCUT2D eigenvalue weighted by atomic mass is 10.2. The van der Waals surface area contributed by atoms with Crippen molar-refractivity contribution in [2.45, 2.75) is 11.7 Å². The van der Waals surface area contributed by atoms with Crippen molar-refractivity contribution in [3.8, 4) is 0 Å². The van der Waals surface area contributed by atoms with Gasteiger partial charge in [0.15, 0.2) is 0 Å². The second-order valence-corrected chi connectivity index (χ2v) is 5.37. The Bertz CT molecular complexity index is 520. The van der Waals surface area contributed by atoms with Crippen molar-refractivity contribution in [3.05, 3.63) is 30.3 Å². The van der Waals surface area contributed by atoms with Crippen LogP contribution in [0.1, 0.15) is 6.42 Å². The first-order valence-corrected chi connectivity index (χ1v) is 6.97. The van der Waals surface area contributed by atoms with Crippen LogP contribution in [0, 0.1) is 0 Å². The van der Waals surface area contributed by atoms with Crippen LogP contribution in [-0.4, -0.2) is 40.6 Å². The summed E-state index contributed by atoms with van der Waals surface area (Å²) < 4.78 is 0. The third-order valence-corrected chi connectivity index (χ3v) is 3.80. The summed E-state index contributed by atoms with van der Waals surface area (Å²) in [5.41, 5.74) is 0.654. The number of hydrogen-bond acceptors (Lipinski definition) is 5. The smallest absolute Gasteiger partial charge is 0.286 e. The van der Waals surface area contributed by atoms with Crippen LogP contribution in [0.2, 0.25) is 0 Å². The van der Waals surface area contributed by atoms with E-state index in [2.05, 4.69) is 5.32 Å². The van der Waals surface area contributed by atoms with Gasteiger partial charge in [0.25, 0.3) is 5.24 Å². The molecule has 1 unspecified atom stereocenters. The second kappa shape index (κ2) is 6.53. The lowest BCUT2D eigenvalue weighted by Gasteiger charge is -2.22. The number of rotatable bonds is 5. The summed E-state index contributed by atoms with van der Waals surface area (Å²) in [6.45, 7) is -0.0284. The van der Waals surface area contributed by atoms with E-state index in [1.54, 1.807) is 24.3 Å². The molecule has 2 rings (SSSR count). The Labute approximate surface area is 120 Å². The zero-order valence-electron chi connectivity index (χ0n) is 10.6. The number of carbonyl (C=O) groups is 3. The molecule has 3 amide bonds. The number of hydrogen-bond donors (Lipinski definition) is 2. The Morgan fingerprint density at radius 1 is 1.30 bits per heavy atom. The zero-order chi connectivity index (χ0) is 14.5. The number of para-hydroxylation sites is 1. The first kappa shape index (κ1) is 14.5. The van der Waals surface area contributed by atoms with Gasteiger partial charge in [0.1, 0.15) is 5.25 Å². The third kappa shape index (κ3) is 3.37. The number of imide groups is 1. The fraction of sp³-hybridized carbons (Fsp3) is 0.308. The van der Waals surface area contributed by atoms with Crippen molar-refractivity contribution in [3.63, 3.8) is 0 Å². The Morgan fingerprint density at radius 3 is 2.55 bits per heavy atom. The van der Waals surface area contributed by atoms with E-state index < -0.39 is 16.4 Å². The predicted molar refractivity (Wildman–Crippen MR) is 75.4 cm³/mol. The molecule has 0 aromatic heterocycles. The number of aliphatic hydroxyl groups excluding tert-OH is 1. The Kier molecular flexibility index (Phi) is 4.75. The number of nitrogens with one attached hydrogen (secondary N) is 1. The number of anilines is 1. The normalized spacial score (nSPS) is 17.9. The van der Waals surface area contributed by atoms with Crippen molar-refractivity contribution in [1.82, 2.24) is 5.32 Å². The Balaban J connectivity index is 2.08. The highest BCUT2D eigenvalue weighted by molar-refractivity contribution is 8.15. The topological polar surface area (TPSA) is 86.7 Å². The first-order valence-electron chi connectivity index (χ1n) is 6.09. The predicted octanol–water partition coefficient (Wildman–Crippen LogP) is 0.754. The molecule has 1 heterocycles. The van der Waals surface area contributed by atoms with E-state index in [1.165, 1.54) is 4.90 Å². The van der Waals surface area contributed by atoms with Crippen molar-refractivity contribution in [2.75, 3.05) is 18.1 Å². The van der Waals surface area contributed by atoms with Gasteiger partial charge in [-0.2, -0.15) is 0 Å². The van der Waals surface area contributed by atoms with Crippen LogP contribution in [0.15, 0.2) is 30.3 Å². The maximum absolute atomic E-state index is 12.3. The molecule has 2 N–H and O–H groups in total. The van der Waals surface area contributed by atoms with E-state index in [1.807, 2.05) is 6.07 Å². The SMILES string of the molecule is O=C1NC(=O)C(CC(=O)N(CCO)c2ccccc2)S1. The van der Waals surface area contributed by atoms with Gasteiger partial charge >= 0.3 is 0 Å². The standard InChI is InChI=1S/C13H14N2O4S/c16-7-6-15(9-4-2-1-3-5-9)11(17)8-10-12(18)14-13(19)20-10/h1-5,10,16H,6-8H2,(H,14,18,19). The Hall–Kier alpha value is -1.86. The Morgan fingerprint density at radius 2 is 2.00 bits per heavy atom. The molecular weight excluding hydrogens is 280 g/mol. The average molecular weight is 294 g/mol. The van der Waals surface area contributed by atoms with Gasteiger partial charge in [-0.3, -0.25) is 19.7 Å². The molecule has 1 aliphatic heterocycles. The summed E-state index contributed by atoms with van der Waals surface area (Å²) in [4.78, 5) is 36.2. The van der Waals surface area contributed by atoms with E-state index in [9.17, 15) is 14.4 Å². The van der Waals surface area contributed by atoms with Crippen LogP contribution in [0.3, 0.4) is 0 Å². The van der Waals surface area contributed by atoms with Crippen molar-refractivity contribution < 1.29 is 19.5 Å². The molecule has 1 fully saturated rings. The molecule has 1 aliphatic rings. The number of amides is 3. The first-order chi connectivity index (χ1) is 9.61. The fourth-order valence-corrected chi connectivity index (χ4v) is 2.71. The van der Waals surface area contributed by atoms with Crippen LogP contribution in [0.5, 0.6) is 0 Å². The monoisotopic (exact) mass is 294 g/mol. The summed E-state index contributed by atoms with van der Waals surface area (Å²) in [7, 11) is 0. The van der Waals surface area contributed by atoms with Gasteiger partial charge in [0.05, 0.1) is 6.61 Å². The molecule has 1 atom stereocenters. The summed E-state index contributed by atoms with van der Waals surface area (Å²) in [6, 6.07) is 8.90. The summed E-state index contributed by atoms with van der Waals surface area (Å²) in [5, 5.41) is 10.1. The van der Waals surface area contributed by atoms with Gasteiger partial charge in [0, 0.05) is 18.7 Å². The number of benzene rings is 1. The van der Waals surface area contributed by atoms with Gasteiger partial charge in [-0.25, -0.2) is 0 Å². The molecule has 7 heteroatoms. The summed E-state index contributed by atoms with van der Waals surface area (Å²) in [6.07, 6.45) is -0.0723. The van der Waals surface area contributed by atoms with Gasteiger partial charge in [-0.15, -0.1) is 0 Å². The fourth-order valence-electron chi connectivity index (χ4n) is 1.90. The molecule has 106 valence electrons. The van der Waals surface area contributed by atoms with Crippen LogP contribution in [-0.2, 0) is 9.59 Å². The van der Waals surface area contributed by atoms with E-state index in [-0.39, 0.29) is 25.5 Å². The van der Waals surface area contributed by atoms with E-state index in [0.717, 1.165) is 11.8 Å². The minimum Gasteiger partial charge on any atom is -0.395 e. The largest absolute Gasteiger partial charge is 0.395 e. The maximum Gasteiger partial charge on any atom is 0.286 e. The van der Waals surface area contributed by atoms with Crippen LogP contribution in [0.4, 0.5) is 10.5 Å². The van der Waals surface area contributed by atoms with E-state index in [0.29, 0.717) is 5.69 Å². The molecular formula is C13H14N2O4S. The van der Waals surface area contributed by atoms with Gasteiger partial charge < -0.3 is 10.0 Å². The lowest BCUT2D eigenvalue weighted by molar-refractivity contribution is -0.123. The van der Waals surface area contributed by atoms with Crippen molar-refractivity contribution >= 4 is 34.5 Å². The van der Waals surface area contributed by atoms with E-state index >= 15 is 0 Å². The van der Waals surface area contributed by atoms with Crippen LogP contribution < -0.4 is 10.2 Å². The molecule has 20 heavy (non-hydrogen) atoms. The highest BCUT2D eigenvalue weighted by atomic mass is 32.2. The summed E-state index contributed by atoms with van der Waals surface area (Å²) in [5.74, 6) is -0.738. The molecule has 1 aromatic rings. The molecule has 0 spiro atoms. The summed E-state index contributed by atoms with van der Waals surface area (Å²) >= 11 is 0.823. The molecule has 0 radical (unpaired) electrons. The van der Waals surface area contributed by atoms with Crippen LogP contribution >= 0.6 is 11.8 Å². The number of thioether (sulfide) groups is 1. The van der Waals surface area contributed by atoms with Gasteiger partial charge in [0.2, 0.25) is 11.8 Å². The number of aliphatic hydroxyl groups is 1. The minimum absolute atomic E-state index is 0.0723.